The van der Waals surface area contributed by atoms with Gasteiger partial charge in [-0.2, -0.15) is 0 Å². The van der Waals surface area contributed by atoms with Crippen LogP contribution in [0.4, 0.5) is 0 Å². The number of hydrogen-bond donors (Lipinski definition) is 0. The van der Waals surface area contributed by atoms with Gasteiger partial charge in [-0.25, -0.2) is 0 Å². The van der Waals surface area contributed by atoms with Crippen molar-refractivity contribution in [1.29, 1.82) is 0 Å². The second-order valence-electron chi connectivity index (χ2n) is 2.31. The lowest BCUT2D eigenvalue weighted by Crippen LogP contribution is -1.80. The maximum absolute atomic E-state index is 4.10. The van der Waals surface area contributed by atoms with E-state index in [4.69, 9.17) is 0 Å². The fourth-order valence-electron chi connectivity index (χ4n) is 0.485. The van der Waals surface area contributed by atoms with Gasteiger partial charge >= 0.3 is 0 Å². The van der Waals surface area contributed by atoms with Crippen LogP contribution in [0.1, 0.15) is 26.0 Å². The van der Waals surface area contributed by atoms with Gasteiger partial charge < -0.3 is 0 Å². The van der Waals surface area contributed by atoms with E-state index < -0.39 is 0 Å². The lowest BCUT2D eigenvalue weighted by molar-refractivity contribution is 1.09. The summed E-state index contributed by atoms with van der Waals surface area (Å²) < 4.78 is 1.02. The van der Waals surface area contributed by atoms with Crippen molar-refractivity contribution in [1.82, 2.24) is 4.98 Å². The Morgan fingerprint density at radius 2 is 1.92 bits per heavy atom. The summed E-state index contributed by atoms with van der Waals surface area (Å²) in [6, 6.07) is 3.95. The summed E-state index contributed by atoms with van der Waals surface area (Å²) in [4.78, 5) is 4.10. The lowest BCUT2D eigenvalue weighted by Gasteiger charge is -1.91. The first-order chi connectivity index (χ1) is 5.74. The molecule has 0 aromatic carbocycles. The first-order valence-electron chi connectivity index (χ1n) is 3.91. The fraction of sp³-hybridized carbons (Fsp3) is 0.444. The van der Waals surface area contributed by atoms with Gasteiger partial charge in [-0.1, -0.05) is 36.2 Å². The monoisotopic (exact) mass is 293 g/mol. The average molecular weight is 295 g/mol. The van der Waals surface area contributed by atoms with Gasteiger partial charge in [0.15, 0.2) is 0 Å². The maximum atomic E-state index is 4.10. The van der Waals surface area contributed by atoms with Crippen LogP contribution in [0.25, 0.3) is 0 Å². The van der Waals surface area contributed by atoms with Crippen molar-refractivity contribution in [2.24, 2.45) is 0 Å². The molecule has 1 heterocycles. The van der Waals surface area contributed by atoms with E-state index in [1.165, 1.54) is 6.42 Å². The van der Waals surface area contributed by atoms with Gasteiger partial charge in [-0.05, 0) is 28.1 Å². The minimum absolute atomic E-state index is 0.820. The molecular formula is C9H13Br2N. The summed E-state index contributed by atoms with van der Waals surface area (Å²) in [7, 11) is 0. The zero-order chi connectivity index (χ0) is 9.40. The van der Waals surface area contributed by atoms with Gasteiger partial charge in [0.2, 0.25) is 0 Å². The highest BCUT2D eigenvalue weighted by Crippen LogP contribution is 2.08. The molecule has 0 unspecified atom stereocenters. The molecule has 0 atom stereocenters. The molecule has 0 saturated carbocycles. The van der Waals surface area contributed by atoms with Gasteiger partial charge in [0.25, 0.3) is 0 Å². The topological polar surface area (TPSA) is 12.9 Å². The molecule has 0 spiro atoms. The predicted octanol–water partition coefficient (Wildman–Crippen LogP) is 4.16. The number of pyridine rings is 1. The molecular weight excluding hydrogens is 282 g/mol. The number of alkyl halides is 1. The van der Waals surface area contributed by atoms with E-state index in [1.807, 2.05) is 12.1 Å². The third kappa shape index (κ3) is 5.72. The first-order valence-corrected chi connectivity index (χ1v) is 5.82. The molecule has 1 aromatic heterocycles. The molecule has 0 aliphatic heterocycles. The molecule has 3 heteroatoms. The molecule has 1 nitrogen and oxygen atoms in total. The van der Waals surface area contributed by atoms with Gasteiger partial charge in [-0.15, -0.1) is 0 Å². The van der Waals surface area contributed by atoms with Crippen LogP contribution < -0.4 is 0 Å². The number of aromatic nitrogens is 1. The van der Waals surface area contributed by atoms with Crippen LogP contribution in [0.3, 0.4) is 0 Å². The number of halogens is 2. The van der Waals surface area contributed by atoms with Gasteiger partial charge in [-0.3, -0.25) is 4.98 Å². The third-order valence-corrected chi connectivity index (χ3v) is 1.97. The standard InChI is InChI=1S/C6H5Br2N.C3H8/c7-3-6-2-1-5(8)4-9-6;1-3-2/h1-2,4H,3H2;3H2,1-2H3. The van der Waals surface area contributed by atoms with Crippen molar-refractivity contribution in [2.75, 3.05) is 0 Å². The Hall–Kier alpha value is 0.110. The molecule has 0 N–H and O–H groups in total. The van der Waals surface area contributed by atoms with E-state index >= 15 is 0 Å². The van der Waals surface area contributed by atoms with Crippen molar-refractivity contribution >= 4 is 31.9 Å². The summed E-state index contributed by atoms with van der Waals surface area (Å²) >= 11 is 6.60. The molecule has 1 aromatic rings. The fourth-order valence-corrected chi connectivity index (χ4v) is 1.05. The van der Waals surface area contributed by atoms with E-state index in [-0.39, 0.29) is 0 Å². The van der Waals surface area contributed by atoms with Crippen LogP contribution in [0, 0.1) is 0 Å². The van der Waals surface area contributed by atoms with Crippen molar-refractivity contribution in [3.63, 3.8) is 0 Å². The summed E-state index contributed by atoms with van der Waals surface area (Å²) in [5, 5.41) is 0.820. The van der Waals surface area contributed by atoms with Gasteiger partial charge in [0.05, 0.1) is 5.69 Å². The molecule has 12 heavy (non-hydrogen) atoms. The Morgan fingerprint density at radius 1 is 1.33 bits per heavy atom. The molecule has 0 fully saturated rings. The zero-order valence-electron chi connectivity index (χ0n) is 7.35. The summed E-state index contributed by atoms with van der Waals surface area (Å²) in [5.41, 5.74) is 1.05. The van der Waals surface area contributed by atoms with E-state index in [1.54, 1.807) is 6.20 Å². The van der Waals surface area contributed by atoms with Crippen LogP contribution in [-0.4, -0.2) is 4.98 Å². The number of nitrogens with zero attached hydrogens (tertiary/aromatic N) is 1. The quantitative estimate of drug-likeness (QED) is 0.709. The normalized spacial score (nSPS) is 8.67. The predicted molar refractivity (Wildman–Crippen MR) is 60.5 cm³/mol. The van der Waals surface area contributed by atoms with Crippen LogP contribution >= 0.6 is 31.9 Å². The Kier molecular flexibility index (Phi) is 7.81. The van der Waals surface area contributed by atoms with Crippen molar-refractivity contribution < 1.29 is 0 Å². The Labute approximate surface area is 90.9 Å². The van der Waals surface area contributed by atoms with Crippen molar-refractivity contribution in [3.8, 4) is 0 Å². The Bertz CT molecular complexity index is 196. The third-order valence-electron chi connectivity index (χ3n) is 0.926. The second kappa shape index (κ2) is 7.74. The largest absolute Gasteiger partial charge is 0.259 e. The Balaban J connectivity index is 0.000000354. The van der Waals surface area contributed by atoms with Crippen molar-refractivity contribution in [3.05, 3.63) is 28.5 Å². The van der Waals surface area contributed by atoms with Crippen LogP contribution in [0.2, 0.25) is 0 Å². The van der Waals surface area contributed by atoms with E-state index in [0.29, 0.717) is 0 Å². The average Bonchev–Trinajstić information content (AvgIpc) is 2.07. The van der Waals surface area contributed by atoms with Crippen LogP contribution in [0.15, 0.2) is 22.8 Å². The molecule has 0 saturated heterocycles. The molecule has 0 aliphatic rings. The molecule has 0 radical (unpaired) electrons. The number of rotatable bonds is 1. The van der Waals surface area contributed by atoms with E-state index in [0.717, 1.165) is 15.5 Å². The Morgan fingerprint density at radius 3 is 2.25 bits per heavy atom. The van der Waals surface area contributed by atoms with E-state index in [2.05, 4.69) is 50.7 Å². The highest BCUT2D eigenvalue weighted by Gasteiger charge is 1.88. The van der Waals surface area contributed by atoms with Gasteiger partial charge in [0.1, 0.15) is 0 Å². The smallest absolute Gasteiger partial charge is 0.0509 e. The SMILES string of the molecule is BrCc1ccc(Br)cn1.CCC. The highest BCUT2D eigenvalue weighted by molar-refractivity contribution is 9.10. The van der Waals surface area contributed by atoms with Gasteiger partial charge in [0, 0.05) is 16.0 Å². The molecule has 1 rings (SSSR count). The molecule has 0 aliphatic carbocycles. The molecule has 0 bridgehead atoms. The van der Waals surface area contributed by atoms with E-state index in [9.17, 15) is 0 Å². The lowest BCUT2D eigenvalue weighted by atomic mass is 10.4. The van der Waals surface area contributed by atoms with Crippen LogP contribution in [-0.2, 0) is 5.33 Å². The van der Waals surface area contributed by atoms with Crippen molar-refractivity contribution in [2.45, 2.75) is 25.6 Å². The highest BCUT2D eigenvalue weighted by atomic mass is 79.9. The zero-order valence-corrected chi connectivity index (χ0v) is 10.5. The first kappa shape index (κ1) is 12.1. The summed E-state index contributed by atoms with van der Waals surface area (Å²) in [5.74, 6) is 0. The number of hydrogen-bond acceptors (Lipinski definition) is 1. The summed E-state index contributed by atoms with van der Waals surface area (Å²) in [6.45, 7) is 4.25. The minimum atomic E-state index is 0.820. The molecule has 0 amide bonds. The summed E-state index contributed by atoms with van der Waals surface area (Å²) in [6.07, 6.45) is 3.04. The minimum Gasteiger partial charge on any atom is -0.259 e. The second-order valence-corrected chi connectivity index (χ2v) is 3.78. The molecule has 68 valence electrons. The maximum Gasteiger partial charge on any atom is 0.0509 e. The van der Waals surface area contributed by atoms with Crippen LogP contribution in [0.5, 0.6) is 0 Å².